The molecule has 16 heavy (non-hydrogen) atoms. The topological polar surface area (TPSA) is 18.5 Å². The zero-order valence-corrected chi connectivity index (χ0v) is 11.7. The molecule has 1 saturated heterocycles. The van der Waals surface area contributed by atoms with E-state index in [-0.39, 0.29) is 0 Å². The van der Waals surface area contributed by atoms with Crippen molar-refractivity contribution in [2.45, 2.75) is 38.8 Å². The number of hydrogen-bond acceptors (Lipinski definition) is 3. The maximum absolute atomic E-state index is 3.83. The van der Waals surface area contributed by atoms with Gasteiger partial charge < -0.3 is 15.1 Å². The average molecular weight is 227 g/mol. The molecule has 3 heteroatoms. The number of likely N-dealkylation sites (N-methyl/N-ethyl adjacent to an activating group) is 2. The highest BCUT2D eigenvalue weighted by molar-refractivity contribution is 4.83. The number of likely N-dealkylation sites (tertiary alicyclic amines) is 1. The minimum atomic E-state index is 0.645. The van der Waals surface area contributed by atoms with Gasteiger partial charge in [0.25, 0.3) is 0 Å². The van der Waals surface area contributed by atoms with Gasteiger partial charge in [0, 0.05) is 25.2 Å². The zero-order valence-electron chi connectivity index (χ0n) is 11.7. The largest absolute Gasteiger partial charge is 0.309 e. The SMILES string of the molecule is CC(C)CC(CN(C)C)NC1CCN(C)C1. The fraction of sp³-hybridized carbons (Fsp3) is 1.00. The van der Waals surface area contributed by atoms with Crippen LogP contribution in [-0.4, -0.2) is 62.7 Å². The summed E-state index contributed by atoms with van der Waals surface area (Å²) >= 11 is 0. The minimum absolute atomic E-state index is 0.645. The summed E-state index contributed by atoms with van der Waals surface area (Å²) in [6.45, 7) is 8.23. The van der Waals surface area contributed by atoms with Gasteiger partial charge >= 0.3 is 0 Å². The summed E-state index contributed by atoms with van der Waals surface area (Å²) in [5, 5.41) is 3.83. The van der Waals surface area contributed by atoms with E-state index in [2.05, 4.69) is 50.1 Å². The Morgan fingerprint density at radius 1 is 1.38 bits per heavy atom. The van der Waals surface area contributed by atoms with Gasteiger partial charge in [0.05, 0.1) is 0 Å². The third-order valence-corrected chi connectivity index (χ3v) is 3.20. The average Bonchev–Trinajstić information content (AvgIpc) is 2.48. The van der Waals surface area contributed by atoms with Crippen molar-refractivity contribution in [3.8, 4) is 0 Å². The summed E-state index contributed by atoms with van der Waals surface area (Å²) in [4.78, 5) is 4.71. The lowest BCUT2D eigenvalue weighted by Gasteiger charge is -2.27. The van der Waals surface area contributed by atoms with Crippen LogP contribution in [0.15, 0.2) is 0 Å². The summed E-state index contributed by atoms with van der Waals surface area (Å²) in [7, 11) is 6.54. The first-order valence-corrected chi connectivity index (χ1v) is 6.56. The quantitative estimate of drug-likeness (QED) is 0.737. The molecular formula is C13H29N3. The molecule has 96 valence electrons. The normalized spacial score (nSPS) is 24.6. The van der Waals surface area contributed by atoms with Gasteiger partial charge in [-0.25, -0.2) is 0 Å². The Labute approximate surface area is 101 Å². The molecule has 3 nitrogen and oxygen atoms in total. The lowest BCUT2D eigenvalue weighted by Crippen LogP contribution is -2.45. The van der Waals surface area contributed by atoms with E-state index >= 15 is 0 Å². The third-order valence-electron chi connectivity index (χ3n) is 3.20. The monoisotopic (exact) mass is 227 g/mol. The molecule has 0 aromatic rings. The highest BCUT2D eigenvalue weighted by Gasteiger charge is 2.22. The van der Waals surface area contributed by atoms with Crippen molar-refractivity contribution in [1.29, 1.82) is 0 Å². The molecule has 1 heterocycles. The van der Waals surface area contributed by atoms with Crippen molar-refractivity contribution in [1.82, 2.24) is 15.1 Å². The molecule has 0 amide bonds. The van der Waals surface area contributed by atoms with E-state index in [0.717, 1.165) is 12.5 Å². The van der Waals surface area contributed by atoms with Crippen molar-refractivity contribution in [2.24, 2.45) is 5.92 Å². The summed E-state index contributed by atoms with van der Waals surface area (Å²) in [5.74, 6) is 0.775. The lowest BCUT2D eigenvalue weighted by molar-refractivity contribution is 0.283. The molecule has 2 atom stereocenters. The van der Waals surface area contributed by atoms with Crippen LogP contribution in [0.5, 0.6) is 0 Å². The zero-order chi connectivity index (χ0) is 12.1. The lowest BCUT2D eigenvalue weighted by atomic mass is 10.0. The van der Waals surface area contributed by atoms with Crippen LogP contribution in [0, 0.1) is 5.92 Å². The fourth-order valence-electron chi connectivity index (χ4n) is 2.61. The second kappa shape index (κ2) is 6.58. The van der Waals surface area contributed by atoms with E-state index in [1.54, 1.807) is 0 Å². The first-order chi connectivity index (χ1) is 7.47. The van der Waals surface area contributed by atoms with Gasteiger partial charge in [-0.2, -0.15) is 0 Å². The van der Waals surface area contributed by atoms with Crippen LogP contribution in [0.25, 0.3) is 0 Å². The maximum atomic E-state index is 3.83. The summed E-state index contributed by atoms with van der Waals surface area (Å²) in [5.41, 5.74) is 0. The first-order valence-electron chi connectivity index (χ1n) is 6.56. The molecule has 0 bridgehead atoms. The number of nitrogens with zero attached hydrogens (tertiary/aromatic N) is 2. The maximum Gasteiger partial charge on any atom is 0.0210 e. The molecule has 0 aromatic carbocycles. The van der Waals surface area contributed by atoms with Crippen molar-refractivity contribution in [2.75, 3.05) is 40.8 Å². The molecule has 0 spiro atoms. The standard InChI is InChI=1S/C13H29N3/c1-11(2)8-13(9-15(3)4)14-12-6-7-16(5)10-12/h11-14H,6-10H2,1-5H3. The molecular weight excluding hydrogens is 198 g/mol. The van der Waals surface area contributed by atoms with Gasteiger partial charge in [0.1, 0.15) is 0 Å². The molecule has 1 N–H and O–H groups in total. The van der Waals surface area contributed by atoms with Crippen LogP contribution in [-0.2, 0) is 0 Å². The molecule has 2 unspecified atom stereocenters. The molecule has 1 aliphatic heterocycles. The Kier molecular flexibility index (Phi) is 5.73. The summed E-state index contributed by atoms with van der Waals surface area (Å²) in [6, 6.07) is 1.35. The van der Waals surface area contributed by atoms with E-state index in [0.29, 0.717) is 12.1 Å². The van der Waals surface area contributed by atoms with Gasteiger partial charge in [-0.1, -0.05) is 13.8 Å². The molecule has 0 aliphatic carbocycles. The molecule has 1 rings (SSSR count). The van der Waals surface area contributed by atoms with Gasteiger partial charge in [0.15, 0.2) is 0 Å². The fourth-order valence-corrected chi connectivity index (χ4v) is 2.61. The van der Waals surface area contributed by atoms with Crippen LogP contribution in [0.3, 0.4) is 0 Å². The second-order valence-electron chi connectivity index (χ2n) is 6.00. The molecule has 0 radical (unpaired) electrons. The van der Waals surface area contributed by atoms with Crippen LogP contribution in [0.2, 0.25) is 0 Å². The van der Waals surface area contributed by atoms with Crippen molar-refractivity contribution < 1.29 is 0 Å². The Bertz CT molecular complexity index is 182. The van der Waals surface area contributed by atoms with Crippen LogP contribution >= 0.6 is 0 Å². The third kappa shape index (κ3) is 5.28. The minimum Gasteiger partial charge on any atom is -0.309 e. The molecule has 1 aliphatic rings. The predicted octanol–water partition coefficient (Wildman–Crippen LogP) is 1.26. The van der Waals surface area contributed by atoms with Crippen LogP contribution < -0.4 is 5.32 Å². The molecule has 0 saturated carbocycles. The van der Waals surface area contributed by atoms with Crippen molar-refractivity contribution in [3.63, 3.8) is 0 Å². The Morgan fingerprint density at radius 3 is 2.50 bits per heavy atom. The van der Waals surface area contributed by atoms with Crippen LogP contribution in [0.4, 0.5) is 0 Å². The Balaban J connectivity index is 2.36. The number of nitrogens with one attached hydrogen (secondary N) is 1. The molecule has 1 fully saturated rings. The summed E-state index contributed by atoms with van der Waals surface area (Å²) in [6.07, 6.45) is 2.58. The van der Waals surface area contributed by atoms with E-state index in [9.17, 15) is 0 Å². The van der Waals surface area contributed by atoms with Crippen molar-refractivity contribution in [3.05, 3.63) is 0 Å². The predicted molar refractivity (Wildman–Crippen MR) is 70.8 cm³/mol. The van der Waals surface area contributed by atoms with Gasteiger partial charge in [0.2, 0.25) is 0 Å². The second-order valence-corrected chi connectivity index (χ2v) is 6.00. The van der Waals surface area contributed by atoms with E-state index in [4.69, 9.17) is 0 Å². The van der Waals surface area contributed by atoms with E-state index < -0.39 is 0 Å². The van der Waals surface area contributed by atoms with Crippen LogP contribution in [0.1, 0.15) is 26.7 Å². The van der Waals surface area contributed by atoms with Gasteiger partial charge in [-0.05, 0) is 46.4 Å². The number of rotatable bonds is 6. The number of hydrogen-bond donors (Lipinski definition) is 1. The highest BCUT2D eigenvalue weighted by Crippen LogP contribution is 2.11. The highest BCUT2D eigenvalue weighted by atomic mass is 15.2. The Morgan fingerprint density at radius 2 is 2.06 bits per heavy atom. The van der Waals surface area contributed by atoms with Gasteiger partial charge in [-0.3, -0.25) is 0 Å². The Hall–Kier alpha value is -0.120. The van der Waals surface area contributed by atoms with E-state index in [1.807, 2.05) is 0 Å². The summed E-state index contributed by atoms with van der Waals surface area (Å²) < 4.78 is 0. The van der Waals surface area contributed by atoms with Crippen molar-refractivity contribution >= 4 is 0 Å². The van der Waals surface area contributed by atoms with E-state index in [1.165, 1.54) is 25.9 Å². The molecule has 0 aromatic heterocycles. The first kappa shape index (κ1) is 13.9. The smallest absolute Gasteiger partial charge is 0.0210 e. The van der Waals surface area contributed by atoms with Gasteiger partial charge in [-0.15, -0.1) is 0 Å².